The van der Waals surface area contributed by atoms with Gasteiger partial charge in [-0.2, -0.15) is 4.98 Å². The fourth-order valence-corrected chi connectivity index (χ4v) is 2.90. The van der Waals surface area contributed by atoms with Gasteiger partial charge in [0.15, 0.2) is 5.82 Å². The van der Waals surface area contributed by atoms with Crippen molar-refractivity contribution in [2.45, 2.75) is 19.4 Å². The number of likely N-dealkylation sites (tertiary alicyclic amines) is 1. The summed E-state index contributed by atoms with van der Waals surface area (Å²) in [6, 6.07) is 5.95. The summed E-state index contributed by atoms with van der Waals surface area (Å²) >= 11 is 0. The van der Waals surface area contributed by atoms with Gasteiger partial charge in [0.1, 0.15) is 5.82 Å². The predicted molar refractivity (Wildman–Crippen MR) is 90.9 cm³/mol. The summed E-state index contributed by atoms with van der Waals surface area (Å²) in [6.07, 6.45) is 3.30. The van der Waals surface area contributed by atoms with E-state index in [2.05, 4.69) is 26.9 Å². The molecule has 1 fully saturated rings. The molecule has 0 unspecified atom stereocenters. The van der Waals surface area contributed by atoms with Crippen LogP contribution in [0.2, 0.25) is 0 Å². The molecule has 2 aromatic rings. The molecular formula is C18H21FN4O2. The second-order valence-electron chi connectivity index (χ2n) is 6.11. The number of halogens is 1. The van der Waals surface area contributed by atoms with Crippen LogP contribution in [0.5, 0.6) is 0 Å². The molecule has 1 aliphatic heterocycles. The molecule has 0 radical (unpaired) electrons. The second kappa shape index (κ2) is 8.02. The molecule has 25 heavy (non-hydrogen) atoms. The van der Waals surface area contributed by atoms with Crippen molar-refractivity contribution in [3.05, 3.63) is 48.6 Å². The summed E-state index contributed by atoms with van der Waals surface area (Å²) in [5.74, 6) is 0.819. The summed E-state index contributed by atoms with van der Waals surface area (Å²) in [6.45, 7) is 6.31. The highest BCUT2D eigenvalue weighted by Crippen LogP contribution is 2.21. The van der Waals surface area contributed by atoms with Crippen LogP contribution in [0.15, 0.2) is 41.4 Å². The Labute approximate surface area is 145 Å². The van der Waals surface area contributed by atoms with Crippen LogP contribution in [0, 0.1) is 11.7 Å². The smallest absolute Gasteiger partial charge is 0.257 e. The lowest BCUT2D eigenvalue weighted by Gasteiger charge is -2.30. The first-order valence-corrected chi connectivity index (χ1v) is 8.35. The number of hydrogen-bond acceptors (Lipinski definition) is 5. The zero-order chi connectivity index (χ0) is 17.6. The molecule has 6 nitrogen and oxygen atoms in total. The first-order valence-electron chi connectivity index (χ1n) is 8.35. The summed E-state index contributed by atoms with van der Waals surface area (Å²) in [5, 5.41) is 6.84. The standard InChI is InChI=1S/C18H21FN4O2/c1-2-9-20-17(24)13-7-10-23(11-8-13)12-16-21-18(25-22-16)14-3-5-15(19)6-4-14/h2-6,13H,1,7-12H2,(H,20,24). The van der Waals surface area contributed by atoms with Crippen LogP contribution in [0.4, 0.5) is 4.39 Å². The first kappa shape index (κ1) is 17.3. The maximum atomic E-state index is 13.0. The summed E-state index contributed by atoms with van der Waals surface area (Å²) < 4.78 is 18.2. The van der Waals surface area contributed by atoms with E-state index in [9.17, 15) is 9.18 Å². The van der Waals surface area contributed by atoms with Gasteiger partial charge >= 0.3 is 0 Å². The normalized spacial score (nSPS) is 15.9. The van der Waals surface area contributed by atoms with Gasteiger partial charge in [-0.15, -0.1) is 6.58 Å². The average molecular weight is 344 g/mol. The number of piperidine rings is 1. The Morgan fingerprint density at radius 1 is 1.36 bits per heavy atom. The topological polar surface area (TPSA) is 71.3 Å². The Kier molecular flexibility index (Phi) is 5.55. The van der Waals surface area contributed by atoms with Crippen molar-refractivity contribution < 1.29 is 13.7 Å². The van der Waals surface area contributed by atoms with Crippen LogP contribution in [0.3, 0.4) is 0 Å². The lowest BCUT2D eigenvalue weighted by molar-refractivity contribution is -0.126. The monoisotopic (exact) mass is 344 g/mol. The number of aromatic nitrogens is 2. The van der Waals surface area contributed by atoms with E-state index in [-0.39, 0.29) is 17.6 Å². The second-order valence-corrected chi connectivity index (χ2v) is 6.11. The van der Waals surface area contributed by atoms with Gasteiger partial charge in [-0.25, -0.2) is 4.39 Å². The third-order valence-corrected chi connectivity index (χ3v) is 4.30. The molecule has 0 saturated carbocycles. The number of amides is 1. The number of nitrogens with one attached hydrogen (secondary N) is 1. The average Bonchev–Trinajstić information content (AvgIpc) is 3.09. The van der Waals surface area contributed by atoms with Crippen molar-refractivity contribution in [2.24, 2.45) is 5.92 Å². The van der Waals surface area contributed by atoms with E-state index in [1.165, 1.54) is 12.1 Å². The van der Waals surface area contributed by atoms with Crippen LogP contribution < -0.4 is 5.32 Å². The Balaban J connectivity index is 1.52. The van der Waals surface area contributed by atoms with Gasteiger partial charge < -0.3 is 9.84 Å². The Morgan fingerprint density at radius 3 is 2.76 bits per heavy atom. The molecular weight excluding hydrogens is 323 g/mol. The van der Waals surface area contributed by atoms with Crippen LogP contribution in [-0.4, -0.2) is 40.6 Å². The molecule has 2 heterocycles. The summed E-state index contributed by atoms with van der Waals surface area (Å²) in [5.41, 5.74) is 0.692. The molecule has 7 heteroatoms. The largest absolute Gasteiger partial charge is 0.352 e. The van der Waals surface area contributed by atoms with Crippen molar-refractivity contribution in [1.82, 2.24) is 20.4 Å². The molecule has 0 spiro atoms. The maximum absolute atomic E-state index is 13.0. The highest BCUT2D eigenvalue weighted by atomic mass is 19.1. The highest BCUT2D eigenvalue weighted by Gasteiger charge is 2.25. The molecule has 1 aromatic heterocycles. The van der Waals surface area contributed by atoms with Crippen LogP contribution >= 0.6 is 0 Å². The predicted octanol–water partition coefficient (Wildman–Crippen LogP) is 2.39. The molecule has 1 N–H and O–H groups in total. The molecule has 0 aliphatic carbocycles. The number of nitrogens with zero attached hydrogens (tertiary/aromatic N) is 3. The van der Waals surface area contributed by atoms with Crippen molar-refractivity contribution in [1.29, 1.82) is 0 Å². The number of hydrogen-bond donors (Lipinski definition) is 1. The van der Waals surface area contributed by atoms with Gasteiger partial charge in [0.25, 0.3) is 5.89 Å². The van der Waals surface area contributed by atoms with Gasteiger partial charge in [-0.1, -0.05) is 11.2 Å². The van der Waals surface area contributed by atoms with Gasteiger partial charge in [0.2, 0.25) is 5.91 Å². The minimum Gasteiger partial charge on any atom is -0.352 e. The van der Waals surface area contributed by atoms with E-state index in [0.29, 0.717) is 30.4 Å². The molecule has 132 valence electrons. The molecule has 1 aromatic carbocycles. The lowest BCUT2D eigenvalue weighted by Crippen LogP contribution is -2.40. The van der Waals surface area contributed by atoms with Crippen molar-refractivity contribution in [2.75, 3.05) is 19.6 Å². The molecule has 0 atom stereocenters. The Bertz CT molecular complexity index is 721. The lowest BCUT2D eigenvalue weighted by atomic mass is 9.96. The number of carbonyl (C=O) groups excluding carboxylic acids is 1. The van der Waals surface area contributed by atoms with Crippen LogP contribution in [0.1, 0.15) is 18.7 Å². The first-order chi connectivity index (χ1) is 12.2. The van der Waals surface area contributed by atoms with Gasteiger partial charge in [0, 0.05) is 18.0 Å². The van der Waals surface area contributed by atoms with E-state index in [0.717, 1.165) is 25.9 Å². The number of benzene rings is 1. The summed E-state index contributed by atoms with van der Waals surface area (Å²) in [7, 11) is 0. The zero-order valence-electron chi connectivity index (χ0n) is 13.9. The molecule has 0 bridgehead atoms. The quantitative estimate of drug-likeness (QED) is 0.815. The van der Waals surface area contributed by atoms with Crippen molar-refractivity contribution in [3.63, 3.8) is 0 Å². The fourth-order valence-electron chi connectivity index (χ4n) is 2.90. The SMILES string of the molecule is C=CCNC(=O)C1CCN(Cc2noc(-c3ccc(F)cc3)n2)CC1. The highest BCUT2D eigenvalue weighted by molar-refractivity contribution is 5.78. The van der Waals surface area contributed by atoms with Gasteiger partial charge in [0.05, 0.1) is 6.54 Å². The van der Waals surface area contributed by atoms with E-state index in [1.54, 1.807) is 18.2 Å². The zero-order valence-corrected chi connectivity index (χ0v) is 13.9. The van der Waals surface area contributed by atoms with E-state index in [1.807, 2.05) is 0 Å². The summed E-state index contributed by atoms with van der Waals surface area (Å²) in [4.78, 5) is 18.5. The fraction of sp³-hybridized carbons (Fsp3) is 0.389. The van der Waals surface area contributed by atoms with Crippen LogP contribution in [-0.2, 0) is 11.3 Å². The molecule has 1 amide bonds. The van der Waals surface area contributed by atoms with Gasteiger partial charge in [-0.3, -0.25) is 9.69 Å². The third kappa shape index (κ3) is 4.51. The van der Waals surface area contributed by atoms with E-state index >= 15 is 0 Å². The minimum atomic E-state index is -0.302. The molecule has 1 saturated heterocycles. The number of carbonyl (C=O) groups is 1. The van der Waals surface area contributed by atoms with E-state index in [4.69, 9.17) is 4.52 Å². The third-order valence-electron chi connectivity index (χ3n) is 4.30. The minimum absolute atomic E-state index is 0.0521. The number of rotatable bonds is 6. The molecule has 3 rings (SSSR count). The van der Waals surface area contributed by atoms with E-state index < -0.39 is 0 Å². The Hall–Kier alpha value is -2.54. The maximum Gasteiger partial charge on any atom is 0.257 e. The van der Waals surface area contributed by atoms with Crippen LogP contribution in [0.25, 0.3) is 11.5 Å². The Morgan fingerprint density at radius 2 is 2.08 bits per heavy atom. The van der Waals surface area contributed by atoms with Crippen molar-refractivity contribution in [3.8, 4) is 11.5 Å². The molecule has 1 aliphatic rings. The van der Waals surface area contributed by atoms with Gasteiger partial charge in [-0.05, 0) is 50.2 Å². The van der Waals surface area contributed by atoms with Crippen molar-refractivity contribution >= 4 is 5.91 Å².